The molecule has 0 saturated carbocycles. The zero-order valence-electron chi connectivity index (χ0n) is 6.31. The van der Waals surface area contributed by atoms with Crippen molar-refractivity contribution in [2.75, 3.05) is 14.1 Å². The van der Waals surface area contributed by atoms with Gasteiger partial charge in [-0.05, 0) is 6.42 Å². The van der Waals surface area contributed by atoms with Gasteiger partial charge in [0.15, 0.2) is 0 Å². The van der Waals surface area contributed by atoms with Gasteiger partial charge in [0.1, 0.15) is 0 Å². The van der Waals surface area contributed by atoms with E-state index in [1.54, 1.807) is 0 Å². The van der Waals surface area contributed by atoms with Gasteiger partial charge < -0.3 is 0 Å². The summed E-state index contributed by atoms with van der Waals surface area (Å²) in [5, 5.41) is 1.87. The van der Waals surface area contributed by atoms with E-state index in [1.807, 2.05) is 19.1 Å². The van der Waals surface area contributed by atoms with Crippen LogP contribution in [0.1, 0.15) is 13.3 Å². The fraction of sp³-hybridized carbons (Fsp3) is 0.714. The zero-order chi connectivity index (χ0) is 7.28. The molecule has 52 valence electrons. The minimum absolute atomic E-state index is 0.181. The first-order valence-corrected chi connectivity index (χ1v) is 3.10. The summed E-state index contributed by atoms with van der Waals surface area (Å²) in [6.45, 7) is 2.06. The highest BCUT2D eigenvalue weighted by molar-refractivity contribution is 4.96. The van der Waals surface area contributed by atoms with Crippen LogP contribution in [0.4, 0.5) is 0 Å². The Balaban J connectivity index is 3.47. The first-order chi connectivity index (χ1) is 4.20. The monoisotopic (exact) mass is 126 g/mol. The SMILES string of the molecule is C#CC(CC)NN(C)C. The summed E-state index contributed by atoms with van der Waals surface area (Å²) in [5.41, 5.74) is 3.08. The molecule has 0 aliphatic rings. The summed E-state index contributed by atoms with van der Waals surface area (Å²) in [5.74, 6) is 2.63. The van der Waals surface area contributed by atoms with Crippen LogP contribution >= 0.6 is 0 Å². The molecule has 2 nitrogen and oxygen atoms in total. The molecule has 0 saturated heterocycles. The van der Waals surface area contributed by atoms with Crippen molar-refractivity contribution in [3.63, 3.8) is 0 Å². The van der Waals surface area contributed by atoms with Crippen molar-refractivity contribution in [1.82, 2.24) is 10.4 Å². The molecule has 0 aromatic carbocycles. The van der Waals surface area contributed by atoms with Gasteiger partial charge in [0.05, 0.1) is 6.04 Å². The minimum atomic E-state index is 0.181. The zero-order valence-corrected chi connectivity index (χ0v) is 6.31. The van der Waals surface area contributed by atoms with E-state index in [2.05, 4.69) is 18.3 Å². The van der Waals surface area contributed by atoms with E-state index >= 15 is 0 Å². The average molecular weight is 126 g/mol. The maximum atomic E-state index is 5.19. The molecule has 0 rings (SSSR count). The normalized spacial score (nSPS) is 13.2. The molecule has 1 unspecified atom stereocenters. The summed E-state index contributed by atoms with van der Waals surface area (Å²) in [6, 6.07) is 0.181. The summed E-state index contributed by atoms with van der Waals surface area (Å²) in [4.78, 5) is 0. The first kappa shape index (κ1) is 8.48. The minimum Gasteiger partial charge on any atom is -0.249 e. The van der Waals surface area contributed by atoms with Crippen molar-refractivity contribution in [3.8, 4) is 12.3 Å². The second-order valence-corrected chi connectivity index (χ2v) is 2.15. The van der Waals surface area contributed by atoms with Gasteiger partial charge in [-0.15, -0.1) is 6.42 Å². The van der Waals surface area contributed by atoms with Crippen LogP contribution in [0.3, 0.4) is 0 Å². The van der Waals surface area contributed by atoms with E-state index in [-0.39, 0.29) is 6.04 Å². The van der Waals surface area contributed by atoms with Crippen molar-refractivity contribution in [3.05, 3.63) is 0 Å². The molecule has 1 atom stereocenters. The molecule has 0 aromatic heterocycles. The molecule has 0 bridgehead atoms. The van der Waals surface area contributed by atoms with Crippen LogP contribution < -0.4 is 5.43 Å². The molecular weight excluding hydrogens is 112 g/mol. The second-order valence-electron chi connectivity index (χ2n) is 2.15. The van der Waals surface area contributed by atoms with E-state index < -0.39 is 0 Å². The lowest BCUT2D eigenvalue weighted by molar-refractivity contribution is 0.264. The Morgan fingerprint density at radius 3 is 2.33 bits per heavy atom. The molecule has 0 radical (unpaired) electrons. The smallest absolute Gasteiger partial charge is 0.0816 e. The lowest BCUT2D eigenvalue weighted by atomic mass is 10.2. The average Bonchev–Trinajstić information content (AvgIpc) is 1.82. The Bertz CT molecular complexity index is 102. The highest BCUT2D eigenvalue weighted by atomic mass is 15.5. The Labute approximate surface area is 57.2 Å². The number of hydrazine groups is 1. The maximum Gasteiger partial charge on any atom is 0.0816 e. The summed E-state index contributed by atoms with van der Waals surface area (Å²) in [6.07, 6.45) is 6.16. The van der Waals surface area contributed by atoms with Gasteiger partial charge in [0.25, 0.3) is 0 Å². The van der Waals surface area contributed by atoms with Crippen molar-refractivity contribution in [2.24, 2.45) is 0 Å². The molecule has 0 aromatic rings. The Kier molecular flexibility index (Phi) is 4.12. The van der Waals surface area contributed by atoms with Gasteiger partial charge in [0, 0.05) is 14.1 Å². The summed E-state index contributed by atoms with van der Waals surface area (Å²) in [7, 11) is 3.86. The fourth-order valence-corrected chi connectivity index (χ4v) is 0.558. The highest BCUT2D eigenvalue weighted by Gasteiger charge is 1.98. The van der Waals surface area contributed by atoms with Gasteiger partial charge in [-0.3, -0.25) is 0 Å². The molecule has 2 heteroatoms. The van der Waals surface area contributed by atoms with E-state index in [9.17, 15) is 0 Å². The second kappa shape index (κ2) is 4.37. The third kappa shape index (κ3) is 4.01. The quantitative estimate of drug-likeness (QED) is 0.436. The molecule has 0 fully saturated rings. The fourth-order valence-electron chi connectivity index (χ4n) is 0.558. The van der Waals surface area contributed by atoms with E-state index in [0.29, 0.717) is 0 Å². The summed E-state index contributed by atoms with van der Waals surface area (Å²) < 4.78 is 0. The molecule has 0 aliphatic heterocycles. The molecule has 0 spiro atoms. The van der Waals surface area contributed by atoms with Crippen LogP contribution in [0.5, 0.6) is 0 Å². The molecule has 9 heavy (non-hydrogen) atoms. The van der Waals surface area contributed by atoms with E-state index in [0.717, 1.165) is 6.42 Å². The number of nitrogens with one attached hydrogen (secondary N) is 1. The molecule has 0 heterocycles. The van der Waals surface area contributed by atoms with Crippen LogP contribution in [0.2, 0.25) is 0 Å². The highest BCUT2D eigenvalue weighted by Crippen LogP contribution is 1.86. The Hall–Kier alpha value is -0.520. The van der Waals surface area contributed by atoms with Crippen molar-refractivity contribution in [1.29, 1.82) is 0 Å². The maximum absolute atomic E-state index is 5.19. The van der Waals surface area contributed by atoms with Crippen molar-refractivity contribution < 1.29 is 0 Å². The Morgan fingerprint density at radius 2 is 2.22 bits per heavy atom. The molecule has 0 amide bonds. The van der Waals surface area contributed by atoms with Crippen molar-refractivity contribution in [2.45, 2.75) is 19.4 Å². The largest absolute Gasteiger partial charge is 0.249 e. The van der Waals surface area contributed by atoms with Crippen LogP contribution in [0.15, 0.2) is 0 Å². The predicted octanol–water partition coefficient (Wildman–Crippen LogP) is 0.464. The van der Waals surface area contributed by atoms with Crippen LogP contribution in [-0.4, -0.2) is 25.1 Å². The number of hydrogen-bond donors (Lipinski definition) is 1. The van der Waals surface area contributed by atoms with Gasteiger partial charge in [0.2, 0.25) is 0 Å². The van der Waals surface area contributed by atoms with Crippen molar-refractivity contribution >= 4 is 0 Å². The number of terminal acetylenes is 1. The number of nitrogens with zero attached hydrogens (tertiary/aromatic N) is 1. The van der Waals surface area contributed by atoms with Crippen LogP contribution in [0, 0.1) is 12.3 Å². The summed E-state index contributed by atoms with van der Waals surface area (Å²) >= 11 is 0. The topological polar surface area (TPSA) is 15.3 Å². The lowest BCUT2D eigenvalue weighted by Crippen LogP contribution is -2.38. The van der Waals surface area contributed by atoms with Gasteiger partial charge >= 0.3 is 0 Å². The lowest BCUT2D eigenvalue weighted by Gasteiger charge is -2.16. The predicted molar refractivity (Wildman–Crippen MR) is 39.7 cm³/mol. The van der Waals surface area contributed by atoms with Crippen LogP contribution in [0.25, 0.3) is 0 Å². The third-order valence-corrected chi connectivity index (χ3v) is 1.02. The van der Waals surface area contributed by atoms with Gasteiger partial charge in [-0.25, -0.2) is 10.4 Å². The van der Waals surface area contributed by atoms with Gasteiger partial charge in [-0.1, -0.05) is 12.8 Å². The Morgan fingerprint density at radius 1 is 1.67 bits per heavy atom. The van der Waals surface area contributed by atoms with Gasteiger partial charge in [-0.2, -0.15) is 0 Å². The van der Waals surface area contributed by atoms with E-state index in [1.165, 1.54) is 0 Å². The first-order valence-electron chi connectivity index (χ1n) is 3.10. The van der Waals surface area contributed by atoms with Crippen LogP contribution in [-0.2, 0) is 0 Å². The van der Waals surface area contributed by atoms with E-state index in [4.69, 9.17) is 6.42 Å². The third-order valence-electron chi connectivity index (χ3n) is 1.02. The molecule has 1 N–H and O–H groups in total. The number of rotatable bonds is 3. The molecular formula is C7H14N2. The molecule has 0 aliphatic carbocycles. The standard InChI is InChI=1S/C7H14N2/c1-5-7(6-2)8-9(3)4/h1,7-8H,6H2,2-4H3. The number of hydrogen-bond acceptors (Lipinski definition) is 2.